The van der Waals surface area contributed by atoms with Crippen molar-refractivity contribution < 1.29 is 9.84 Å². The van der Waals surface area contributed by atoms with Gasteiger partial charge < -0.3 is 19.6 Å². The van der Waals surface area contributed by atoms with E-state index in [1.807, 2.05) is 57.1 Å². The molecule has 1 fully saturated rings. The van der Waals surface area contributed by atoms with Crippen LogP contribution < -0.4 is 9.64 Å². The molecule has 0 spiro atoms. The van der Waals surface area contributed by atoms with Crippen molar-refractivity contribution in [2.45, 2.75) is 32.1 Å². The lowest BCUT2D eigenvalue weighted by Gasteiger charge is -2.21. The SMILES string of the molecule is CC(C)Oc1ccc2[nH]nc(-c3cc(N4C[C@H](O)[C@@H](N(C)C)C4)ncn3)c2c1. The van der Waals surface area contributed by atoms with Gasteiger partial charge in [-0.3, -0.25) is 5.10 Å². The van der Waals surface area contributed by atoms with E-state index in [9.17, 15) is 5.11 Å². The number of rotatable bonds is 5. The maximum absolute atomic E-state index is 10.3. The van der Waals surface area contributed by atoms with E-state index in [2.05, 4.69) is 25.1 Å². The van der Waals surface area contributed by atoms with Crippen LogP contribution in [0.5, 0.6) is 5.75 Å². The van der Waals surface area contributed by atoms with Crippen molar-refractivity contribution in [3.8, 4) is 17.1 Å². The third kappa shape index (κ3) is 3.53. The topological polar surface area (TPSA) is 90.4 Å². The summed E-state index contributed by atoms with van der Waals surface area (Å²) in [7, 11) is 3.96. The molecule has 148 valence electrons. The molecular weight excluding hydrogens is 356 g/mol. The number of benzene rings is 1. The number of fused-ring (bicyclic) bond motifs is 1. The van der Waals surface area contributed by atoms with E-state index in [1.54, 1.807) is 6.33 Å². The summed E-state index contributed by atoms with van der Waals surface area (Å²) in [5, 5.41) is 18.8. The van der Waals surface area contributed by atoms with E-state index < -0.39 is 6.10 Å². The molecule has 8 nitrogen and oxygen atoms in total. The maximum atomic E-state index is 10.3. The van der Waals surface area contributed by atoms with E-state index in [0.717, 1.165) is 40.4 Å². The van der Waals surface area contributed by atoms with E-state index >= 15 is 0 Å². The molecule has 0 aliphatic carbocycles. The summed E-state index contributed by atoms with van der Waals surface area (Å²) in [6, 6.07) is 7.89. The first-order valence-electron chi connectivity index (χ1n) is 9.49. The Morgan fingerprint density at radius 3 is 2.75 bits per heavy atom. The van der Waals surface area contributed by atoms with Crippen LogP contribution in [0.15, 0.2) is 30.6 Å². The number of hydrogen-bond donors (Lipinski definition) is 2. The highest BCUT2D eigenvalue weighted by molar-refractivity contribution is 5.93. The predicted octanol–water partition coefficient (Wildman–Crippen LogP) is 1.92. The Kier molecular flexibility index (Phi) is 4.91. The lowest BCUT2D eigenvalue weighted by molar-refractivity contribution is 0.114. The molecule has 0 bridgehead atoms. The standard InChI is InChI=1S/C20H26N6O2/c1-12(2)28-13-5-6-15-14(7-13)20(24-23-15)16-8-19(22-11-21-16)26-9-17(25(3)4)18(27)10-26/h5-8,11-12,17-18,27H,9-10H2,1-4H3,(H,23,24)/t17-,18-/m0/s1. The molecule has 2 atom stereocenters. The molecule has 0 saturated carbocycles. The minimum absolute atomic E-state index is 0.0837. The van der Waals surface area contributed by atoms with Crippen molar-refractivity contribution in [1.29, 1.82) is 0 Å². The number of hydrogen-bond acceptors (Lipinski definition) is 7. The zero-order chi connectivity index (χ0) is 19.8. The Morgan fingerprint density at radius 1 is 1.21 bits per heavy atom. The first-order valence-corrected chi connectivity index (χ1v) is 9.49. The fourth-order valence-corrected chi connectivity index (χ4v) is 3.65. The zero-order valence-corrected chi connectivity index (χ0v) is 16.6. The van der Waals surface area contributed by atoms with Crippen molar-refractivity contribution in [2.24, 2.45) is 0 Å². The summed E-state index contributed by atoms with van der Waals surface area (Å²) in [6.45, 7) is 5.27. The number of aliphatic hydroxyl groups is 1. The monoisotopic (exact) mass is 382 g/mol. The van der Waals surface area contributed by atoms with Gasteiger partial charge in [0, 0.05) is 24.5 Å². The number of ether oxygens (including phenoxy) is 1. The second kappa shape index (κ2) is 7.37. The van der Waals surface area contributed by atoms with Crippen LogP contribution in [0.1, 0.15) is 13.8 Å². The summed E-state index contributed by atoms with van der Waals surface area (Å²) < 4.78 is 5.82. The third-order valence-corrected chi connectivity index (χ3v) is 5.05. The second-order valence-corrected chi connectivity index (χ2v) is 7.71. The number of anilines is 1. The van der Waals surface area contributed by atoms with Crippen LogP contribution >= 0.6 is 0 Å². The molecule has 4 rings (SSSR count). The van der Waals surface area contributed by atoms with Crippen LogP contribution in [-0.4, -0.2) is 75.6 Å². The number of aliphatic hydroxyl groups excluding tert-OH is 1. The first kappa shape index (κ1) is 18.6. The number of nitrogens with one attached hydrogen (secondary N) is 1. The highest BCUT2D eigenvalue weighted by Crippen LogP contribution is 2.30. The van der Waals surface area contributed by atoms with Crippen molar-refractivity contribution in [2.75, 3.05) is 32.1 Å². The Balaban J connectivity index is 1.66. The number of nitrogens with zero attached hydrogens (tertiary/aromatic N) is 5. The molecular formula is C20H26N6O2. The molecule has 2 aromatic heterocycles. The third-order valence-electron chi connectivity index (χ3n) is 5.05. The highest BCUT2D eigenvalue weighted by Gasteiger charge is 2.33. The van der Waals surface area contributed by atoms with Crippen molar-refractivity contribution >= 4 is 16.7 Å². The van der Waals surface area contributed by atoms with E-state index in [1.165, 1.54) is 0 Å². The number of β-amino-alcohol motifs (C(OH)–C–C–N with tert-alkyl or cyclic N) is 1. The number of H-pyrrole nitrogens is 1. The van der Waals surface area contributed by atoms with Gasteiger partial charge in [0.2, 0.25) is 0 Å². The molecule has 8 heteroatoms. The predicted molar refractivity (Wildman–Crippen MR) is 109 cm³/mol. The number of aromatic amines is 1. The van der Waals surface area contributed by atoms with Gasteiger partial charge in [0.15, 0.2) is 0 Å². The largest absolute Gasteiger partial charge is 0.491 e. The van der Waals surface area contributed by atoms with Gasteiger partial charge in [-0.1, -0.05) is 0 Å². The van der Waals surface area contributed by atoms with Gasteiger partial charge in [-0.15, -0.1) is 0 Å². The maximum Gasteiger partial charge on any atom is 0.132 e. The van der Waals surface area contributed by atoms with Crippen LogP contribution in [0.25, 0.3) is 22.3 Å². The smallest absolute Gasteiger partial charge is 0.132 e. The minimum Gasteiger partial charge on any atom is -0.491 e. The van der Waals surface area contributed by atoms with Gasteiger partial charge in [-0.25, -0.2) is 9.97 Å². The van der Waals surface area contributed by atoms with Gasteiger partial charge in [-0.05, 0) is 46.1 Å². The Hall–Kier alpha value is -2.71. The van der Waals surface area contributed by atoms with Crippen molar-refractivity contribution in [1.82, 2.24) is 25.1 Å². The Labute approximate surface area is 164 Å². The minimum atomic E-state index is -0.407. The van der Waals surface area contributed by atoms with Gasteiger partial charge in [0.1, 0.15) is 23.6 Å². The van der Waals surface area contributed by atoms with Crippen LogP contribution in [0.4, 0.5) is 5.82 Å². The summed E-state index contributed by atoms with van der Waals surface area (Å²) in [5.74, 6) is 1.59. The highest BCUT2D eigenvalue weighted by atomic mass is 16.5. The van der Waals surface area contributed by atoms with Gasteiger partial charge >= 0.3 is 0 Å². The molecule has 0 unspecified atom stereocenters. The van der Waals surface area contributed by atoms with Crippen LogP contribution in [0, 0.1) is 0 Å². The molecule has 3 aromatic rings. The van der Waals surface area contributed by atoms with E-state index in [0.29, 0.717) is 6.54 Å². The van der Waals surface area contributed by atoms with Crippen LogP contribution in [0.3, 0.4) is 0 Å². The molecule has 1 aliphatic heterocycles. The van der Waals surface area contributed by atoms with Crippen LogP contribution in [-0.2, 0) is 0 Å². The first-order chi connectivity index (χ1) is 13.4. The van der Waals surface area contributed by atoms with Crippen molar-refractivity contribution in [3.05, 3.63) is 30.6 Å². The average molecular weight is 382 g/mol. The van der Waals surface area contributed by atoms with E-state index in [-0.39, 0.29) is 12.1 Å². The Morgan fingerprint density at radius 2 is 2.04 bits per heavy atom. The summed E-state index contributed by atoms with van der Waals surface area (Å²) in [5.41, 5.74) is 2.42. The fourth-order valence-electron chi connectivity index (χ4n) is 3.65. The molecule has 1 aliphatic rings. The van der Waals surface area contributed by atoms with Gasteiger partial charge in [-0.2, -0.15) is 5.10 Å². The zero-order valence-electron chi connectivity index (χ0n) is 16.6. The molecule has 1 saturated heterocycles. The Bertz CT molecular complexity index is 970. The molecule has 3 heterocycles. The average Bonchev–Trinajstić information content (AvgIpc) is 3.24. The van der Waals surface area contributed by atoms with Crippen molar-refractivity contribution in [3.63, 3.8) is 0 Å². The molecule has 0 radical (unpaired) electrons. The second-order valence-electron chi connectivity index (χ2n) is 7.71. The summed E-state index contributed by atoms with van der Waals surface area (Å²) in [6.07, 6.45) is 1.25. The summed E-state index contributed by atoms with van der Waals surface area (Å²) in [4.78, 5) is 13.0. The number of likely N-dealkylation sites (N-methyl/N-ethyl adjacent to an activating group) is 1. The van der Waals surface area contributed by atoms with E-state index in [4.69, 9.17) is 4.74 Å². The van der Waals surface area contributed by atoms with Crippen LogP contribution in [0.2, 0.25) is 0 Å². The molecule has 28 heavy (non-hydrogen) atoms. The van der Waals surface area contributed by atoms with Gasteiger partial charge in [0.05, 0.1) is 29.5 Å². The quantitative estimate of drug-likeness (QED) is 0.697. The molecule has 0 amide bonds. The fraction of sp³-hybridized carbons (Fsp3) is 0.450. The molecule has 2 N–H and O–H groups in total. The van der Waals surface area contributed by atoms with Gasteiger partial charge in [0.25, 0.3) is 0 Å². The number of aromatic nitrogens is 4. The lowest BCUT2D eigenvalue weighted by atomic mass is 10.1. The molecule has 1 aromatic carbocycles. The summed E-state index contributed by atoms with van der Waals surface area (Å²) >= 11 is 0. The lowest BCUT2D eigenvalue weighted by Crippen LogP contribution is -2.38. The normalized spacial score (nSPS) is 19.9.